The Balaban J connectivity index is 2.18. The number of carbonyl (C=O) groups is 4. The zero-order valence-corrected chi connectivity index (χ0v) is 17.6. The van der Waals surface area contributed by atoms with Crippen molar-refractivity contribution >= 4 is 24.8 Å². The molecule has 158 valence electrons. The molecular formula is C20H32N2O6. The Bertz CT molecular complexity index is 621. The van der Waals surface area contributed by atoms with Crippen LogP contribution in [0.3, 0.4) is 0 Å². The van der Waals surface area contributed by atoms with Crippen LogP contribution in [0.25, 0.3) is 0 Å². The summed E-state index contributed by atoms with van der Waals surface area (Å²) in [6.45, 7) is 10.9. The maximum Gasteiger partial charge on any atom is 0.411 e. The zero-order valence-electron chi connectivity index (χ0n) is 17.6. The summed E-state index contributed by atoms with van der Waals surface area (Å²) in [5.74, 6) is -0.125. The number of hydrogen-bond acceptors (Lipinski definition) is 6. The summed E-state index contributed by atoms with van der Waals surface area (Å²) in [7, 11) is 0. The average Bonchev–Trinajstić information content (AvgIpc) is 3.15. The summed E-state index contributed by atoms with van der Waals surface area (Å²) >= 11 is 0. The molecule has 0 aromatic rings. The fraction of sp³-hybridized carbons (Fsp3) is 0.800. The van der Waals surface area contributed by atoms with Gasteiger partial charge in [-0.25, -0.2) is 9.59 Å². The number of likely N-dealkylation sites (tertiary alicyclic amines) is 2. The lowest BCUT2D eigenvalue weighted by molar-refractivity contribution is -0.112. The minimum Gasteiger partial charge on any atom is -0.444 e. The summed E-state index contributed by atoms with van der Waals surface area (Å²) in [6.07, 6.45) is 2.03. The molecule has 2 saturated heterocycles. The molecule has 2 rings (SSSR count). The van der Waals surface area contributed by atoms with Gasteiger partial charge in [0, 0.05) is 12.6 Å². The van der Waals surface area contributed by atoms with E-state index in [1.165, 1.54) is 9.80 Å². The fourth-order valence-corrected chi connectivity index (χ4v) is 3.89. The summed E-state index contributed by atoms with van der Waals surface area (Å²) in [5, 5.41) is 0. The van der Waals surface area contributed by atoms with E-state index in [9.17, 15) is 19.2 Å². The van der Waals surface area contributed by atoms with E-state index in [4.69, 9.17) is 9.47 Å². The van der Waals surface area contributed by atoms with Gasteiger partial charge in [-0.1, -0.05) is 0 Å². The predicted octanol–water partition coefficient (Wildman–Crippen LogP) is 2.78. The van der Waals surface area contributed by atoms with Crippen LogP contribution in [0.15, 0.2) is 0 Å². The summed E-state index contributed by atoms with van der Waals surface area (Å²) in [4.78, 5) is 51.2. The lowest BCUT2D eigenvalue weighted by Gasteiger charge is -2.33. The highest BCUT2D eigenvalue weighted by Gasteiger charge is 2.48. The van der Waals surface area contributed by atoms with Crippen LogP contribution in [-0.4, -0.2) is 70.4 Å². The number of ether oxygens (including phenoxy) is 2. The van der Waals surface area contributed by atoms with Gasteiger partial charge in [0.05, 0.1) is 12.1 Å². The van der Waals surface area contributed by atoms with E-state index in [1.807, 2.05) is 0 Å². The van der Waals surface area contributed by atoms with Crippen LogP contribution in [0.1, 0.15) is 60.8 Å². The van der Waals surface area contributed by atoms with E-state index in [0.29, 0.717) is 25.8 Å². The third-order valence-corrected chi connectivity index (χ3v) is 4.94. The Morgan fingerprint density at radius 1 is 0.857 bits per heavy atom. The van der Waals surface area contributed by atoms with Crippen LogP contribution in [0.5, 0.6) is 0 Å². The van der Waals surface area contributed by atoms with Gasteiger partial charge in [0.2, 0.25) is 0 Å². The molecule has 0 aliphatic carbocycles. The maximum absolute atomic E-state index is 12.7. The molecule has 2 aliphatic rings. The predicted molar refractivity (Wildman–Crippen MR) is 102 cm³/mol. The molecule has 0 bridgehead atoms. The largest absolute Gasteiger partial charge is 0.444 e. The molecule has 4 atom stereocenters. The van der Waals surface area contributed by atoms with E-state index in [0.717, 1.165) is 12.6 Å². The van der Waals surface area contributed by atoms with Crippen LogP contribution in [-0.2, 0) is 19.1 Å². The number of aldehydes is 2. The highest BCUT2D eigenvalue weighted by molar-refractivity contribution is 5.76. The molecule has 0 aromatic heterocycles. The number of nitrogens with zero attached hydrogens (tertiary/aromatic N) is 2. The van der Waals surface area contributed by atoms with E-state index < -0.39 is 35.5 Å². The van der Waals surface area contributed by atoms with Crippen molar-refractivity contribution < 1.29 is 28.7 Å². The quantitative estimate of drug-likeness (QED) is 0.681. The molecule has 0 N–H and O–H groups in total. The van der Waals surface area contributed by atoms with Gasteiger partial charge in [0.15, 0.2) is 0 Å². The molecule has 2 amide bonds. The lowest BCUT2D eigenvalue weighted by Crippen LogP contribution is -2.48. The van der Waals surface area contributed by atoms with Gasteiger partial charge < -0.3 is 19.1 Å². The van der Waals surface area contributed by atoms with Gasteiger partial charge in [-0.2, -0.15) is 0 Å². The molecule has 2 fully saturated rings. The molecule has 0 radical (unpaired) electrons. The van der Waals surface area contributed by atoms with Crippen LogP contribution in [0.2, 0.25) is 0 Å². The first-order valence-electron chi connectivity index (χ1n) is 9.78. The minimum atomic E-state index is -0.679. The third-order valence-electron chi connectivity index (χ3n) is 4.94. The topological polar surface area (TPSA) is 93.2 Å². The molecule has 2 heterocycles. The highest BCUT2D eigenvalue weighted by atomic mass is 16.6. The smallest absolute Gasteiger partial charge is 0.411 e. The lowest BCUT2D eigenvalue weighted by atomic mass is 9.95. The zero-order chi connectivity index (χ0) is 21.3. The van der Waals surface area contributed by atoms with Crippen molar-refractivity contribution in [3.63, 3.8) is 0 Å². The van der Waals surface area contributed by atoms with Crippen LogP contribution in [0.4, 0.5) is 9.59 Å². The Hall–Kier alpha value is -2.12. The summed E-state index contributed by atoms with van der Waals surface area (Å²) in [5.41, 5.74) is -1.34. The molecule has 0 aromatic carbocycles. The first-order chi connectivity index (χ1) is 12.9. The number of carbonyl (C=O) groups excluding carboxylic acids is 4. The third kappa shape index (κ3) is 5.23. The number of amides is 2. The molecular weight excluding hydrogens is 364 g/mol. The summed E-state index contributed by atoms with van der Waals surface area (Å²) in [6, 6.07) is -1.42. The van der Waals surface area contributed by atoms with Crippen molar-refractivity contribution in [1.29, 1.82) is 0 Å². The first-order valence-corrected chi connectivity index (χ1v) is 9.78. The van der Waals surface area contributed by atoms with Gasteiger partial charge >= 0.3 is 12.2 Å². The van der Waals surface area contributed by atoms with Crippen molar-refractivity contribution in [2.24, 2.45) is 5.92 Å². The van der Waals surface area contributed by atoms with E-state index in [2.05, 4.69) is 0 Å². The molecule has 28 heavy (non-hydrogen) atoms. The van der Waals surface area contributed by atoms with Crippen molar-refractivity contribution in [1.82, 2.24) is 9.80 Å². The first kappa shape index (κ1) is 22.2. The molecule has 0 unspecified atom stereocenters. The molecule has 8 heteroatoms. The van der Waals surface area contributed by atoms with Crippen molar-refractivity contribution in [2.75, 3.05) is 6.54 Å². The SMILES string of the molecule is CC(C)(C)OC(=O)N1C[C@H]([C@H]2CC[C@@H](C=O)N2C(=O)OC(C)(C)C)C[C@H]1C=O. The van der Waals surface area contributed by atoms with Crippen LogP contribution >= 0.6 is 0 Å². The van der Waals surface area contributed by atoms with Crippen molar-refractivity contribution in [3.05, 3.63) is 0 Å². The highest BCUT2D eigenvalue weighted by Crippen LogP contribution is 2.36. The maximum atomic E-state index is 12.7. The summed E-state index contributed by atoms with van der Waals surface area (Å²) < 4.78 is 10.9. The monoisotopic (exact) mass is 396 g/mol. The van der Waals surface area contributed by atoms with E-state index in [1.54, 1.807) is 41.5 Å². The van der Waals surface area contributed by atoms with Gasteiger partial charge in [-0.15, -0.1) is 0 Å². The van der Waals surface area contributed by atoms with Crippen LogP contribution < -0.4 is 0 Å². The van der Waals surface area contributed by atoms with Crippen molar-refractivity contribution in [3.8, 4) is 0 Å². The average molecular weight is 396 g/mol. The standard InChI is InChI=1S/C20H32N2O6/c1-19(2,3)27-17(25)21-10-13(9-15(21)12-24)16-8-7-14(11-23)22(16)18(26)28-20(4,5)6/h11-16H,7-10H2,1-6H3/t13-,14+,15+,16-/m1/s1. The number of hydrogen-bond donors (Lipinski definition) is 0. The van der Waals surface area contributed by atoms with Crippen LogP contribution in [0, 0.1) is 5.92 Å². The molecule has 8 nitrogen and oxygen atoms in total. The van der Waals surface area contributed by atoms with Gasteiger partial charge in [-0.05, 0) is 66.7 Å². The van der Waals surface area contributed by atoms with Gasteiger partial charge in [0.25, 0.3) is 0 Å². The van der Waals surface area contributed by atoms with Gasteiger partial charge in [-0.3, -0.25) is 9.80 Å². The van der Waals surface area contributed by atoms with E-state index in [-0.39, 0.29) is 12.0 Å². The molecule has 2 aliphatic heterocycles. The second-order valence-corrected chi connectivity index (χ2v) is 9.57. The molecule has 0 saturated carbocycles. The minimum absolute atomic E-state index is 0.125. The normalized spacial score (nSPS) is 28.2. The Labute approximate surface area is 166 Å². The Kier molecular flexibility index (Phi) is 6.41. The second kappa shape index (κ2) is 8.09. The fourth-order valence-electron chi connectivity index (χ4n) is 3.89. The van der Waals surface area contributed by atoms with Gasteiger partial charge in [0.1, 0.15) is 23.8 Å². The molecule has 0 spiro atoms. The Morgan fingerprint density at radius 2 is 1.39 bits per heavy atom. The number of rotatable bonds is 3. The van der Waals surface area contributed by atoms with E-state index >= 15 is 0 Å². The second-order valence-electron chi connectivity index (χ2n) is 9.57. The van der Waals surface area contributed by atoms with Crippen molar-refractivity contribution in [2.45, 2.75) is 90.1 Å². The Morgan fingerprint density at radius 3 is 1.89 bits per heavy atom.